The van der Waals surface area contributed by atoms with Crippen molar-refractivity contribution >= 4 is 11.9 Å². The molecule has 7 nitrogen and oxygen atoms in total. The Morgan fingerprint density at radius 1 is 1.32 bits per heavy atom. The van der Waals surface area contributed by atoms with E-state index < -0.39 is 5.97 Å². The van der Waals surface area contributed by atoms with Crippen LogP contribution in [0.5, 0.6) is 0 Å². The Balaban J connectivity index is 1.79. The van der Waals surface area contributed by atoms with Crippen LogP contribution in [-0.4, -0.2) is 28.8 Å². The van der Waals surface area contributed by atoms with Crippen molar-refractivity contribution < 1.29 is 23.5 Å². The number of hydrogen-bond donors (Lipinski definition) is 0. The van der Waals surface area contributed by atoms with Crippen molar-refractivity contribution in [2.45, 2.75) is 33.4 Å². The summed E-state index contributed by atoms with van der Waals surface area (Å²) in [6.45, 7) is 4.27. The Hall–Kier alpha value is -2.57. The predicted octanol–water partition coefficient (Wildman–Crippen LogP) is 2.01. The van der Waals surface area contributed by atoms with Crippen molar-refractivity contribution in [2.75, 3.05) is 7.11 Å². The lowest BCUT2D eigenvalue weighted by molar-refractivity contribution is -0.145. The molecule has 0 saturated carbocycles. The van der Waals surface area contributed by atoms with Gasteiger partial charge in [0.05, 0.1) is 25.8 Å². The molecule has 0 aliphatic carbocycles. The van der Waals surface area contributed by atoms with E-state index in [1.54, 1.807) is 10.7 Å². The minimum Gasteiger partial charge on any atom is -0.463 e. The van der Waals surface area contributed by atoms with E-state index in [4.69, 9.17) is 9.15 Å². The Labute approximate surface area is 127 Å². The maximum absolute atomic E-state index is 11.7. The van der Waals surface area contributed by atoms with Crippen molar-refractivity contribution in [1.82, 2.24) is 9.78 Å². The topological polar surface area (TPSA) is 83.6 Å². The van der Waals surface area contributed by atoms with Gasteiger partial charge in [-0.15, -0.1) is 0 Å². The van der Waals surface area contributed by atoms with Gasteiger partial charge >= 0.3 is 11.9 Å². The summed E-state index contributed by atoms with van der Waals surface area (Å²) in [6.07, 6.45) is 0.215. The average molecular weight is 306 g/mol. The van der Waals surface area contributed by atoms with Crippen LogP contribution in [0, 0.1) is 13.8 Å². The first kappa shape index (κ1) is 15.8. The highest BCUT2D eigenvalue weighted by Gasteiger charge is 2.12. The van der Waals surface area contributed by atoms with Crippen LogP contribution in [0.15, 0.2) is 22.6 Å². The van der Waals surface area contributed by atoms with Crippen LogP contribution in [0.3, 0.4) is 0 Å². The van der Waals surface area contributed by atoms with Crippen LogP contribution >= 0.6 is 0 Å². The molecule has 0 fully saturated rings. The van der Waals surface area contributed by atoms with Crippen LogP contribution in [0.4, 0.5) is 0 Å². The number of ether oxygens (including phenoxy) is 2. The lowest BCUT2D eigenvalue weighted by atomic mass is 10.4. The number of furan rings is 1. The van der Waals surface area contributed by atoms with Gasteiger partial charge in [0.1, 0.15) is 12.4 Å². The normalized spacial score (nSPS) is 10.5. The second kappa shape index (κ2) is 6.93. The van der Waals surface area contributed by atoms with E-state index in [-0.39, 0.29) is 24.8 Å². The van der Waals surface area contributed by atoms with Gasteiger partial charge in [-0.2, -0.15) is 5.10 Å². The molecule has 2 rings (SSSR count). The Kier molecular flexibility index (Phi) is 4.98. The summed E-state index contributed by atoms with van der Waals surface area (Å²) in [5.74, 6) is -0.457. The van der Waals surface area contributed by atoms with Crippen LogP contribution in [0.1, 0.15) is 34.1 Å². The molecule has 0 radical (unpaired) electrons. The Morgan fingerprint density at radius 2 is 2.09 bits per heavy atom. The zero-order valence-electron chi connectivity index (χ0n) is 12.8. The number of esters is 2. The molecule has 0 spiro atoms. The monoisotopic (exact) mass is 306 g/mol. The van der Waals surface area contributed by atoms with Crippen molar-refractivity contribution in [3.8, 4) is 0 Å². The van der Waals surface area contributed by atoms with E-state index in [1.165, 1.54) is 13.2 Å². The van der Waals surface area contributed by atoms with Gasteiger partial charge in [-0.3, -0.25) is 9.48 Å². The number of aryl methyl sites for hydroxylation is 3. The molecule has 0 amide bonds. The largest absolute Gasteiger partial charge is 0.463 e. The maximum atomic E-state index is 11.7. The molecule has 0 N–H and O–H groups in total. The van der Waals surface area contributed by atoms with Gasteiger partial charge in [0.25, 0.3) is 0 Å². The van der Waals surface area contributed by atoms with E-state index in [0.29, 0.717) is 12.3 Å². The third-order valence-corrected chi connectivity index (χ3v) is 3.05. The summed E-state index contributed by atoms with van der Waals surface area (Å²) in [7, 11) is 1.27. The van der Waals surface area contributed by atoms with Gasteiger partial charge in [-0.25, -0.2) is 4.79 Å². The zero-order valence-corrected chi connectivity index (χ0v) is 12.8. The van der Waals surface area contributed by atoms with Gasteiger partial charge < -0.3 is 13.9 Å². The van der Waals surface area contributed by atoms with Crippen LogP contribution in [0.25, 0.3) is 0 Å². The molecular formula is C15H18N2O5. The van der Waals surface area contributed by atoms with Crippen molar-refractivity contribution in [1.29, 1.82) is 0 Å². The van der Waals surface area contributed by atoms with Gasteiger partial charge in [0.15, 0.2) is 0 Å². The van der Waals surface area contributed by atoms with E-state index in [9.17, 15) is 9.59 Å². The van der Waals surface area contributed by atoms with Gasteiger partial charge in [-0.05, 0) is 32.0 Å². The summed E-state index contributed by atoms with van der Waals surface area (Å²) in [5.41, 5.74) is 1.91. The second-order valence-electron chi connectivity index (χ2n) is 4.82. The van der Waals surface area contributed by atoms with E-state index in [2.05, 4.69) is 9.84 Å². The summed E-state index contributed by atoms with van der Waals surface area (Å²) in [5, 5.41) is 4.27. The van der Waals surface area contributed by atoms with Crippen molar-refractivity contribution in [3.05, 3.63) is 41.1 Å². The number of rotatable bonds is 6. The van der Waals surface area contributed by atoms with Gasteiger partial charge in [-0.1, -0.05) is 0 Å². The fourth-order valence-electron chi connectivity index (χ4n) is 1.99. The summed E-state index contributed by atoms with van der Waals surface area (Å²) in [4.78, 5) is 22.9. The standard InChI is InChI=1S/C15H18N2O5/c1-10-8-11(2)17(16-10)7-6-14(18)21-9-12-4-5-13(22-12)15(19)20-3/h4-5,8H,6-7,9H2,1-3H3. The molecule has 0 bridgehead atoms. The number of methoxy groups -OCH3 is 1. The maximum Gasteiger partial charge on any atom is 0.373 e. The number of hydrogen-bond acceptors (Lipinski definition) is 6. The zero-order chi connectivity index (χ0) is 16.1. The van der Waals surface area contributed by atoms with E-state index >= 15 is 0 Å². The third-order valence-electron chi connectivity index (χ3n) is 3.05. The lowest BCUT2D eigenvalue weighted by Gasteiger charge is -2.05. The number of carbonyl (C=O) groups excluding carboxylic acids is 2. The van der Waals surface area contributed by atoms with E-state index in [0.717, 1.165) is 11.4 Å². The van der Waals surface area contributed by atoms with Crippen LogP contribution in [0.2, 0.25) is 0 Å². The highest BCUT2D eigenvalue weighted by atomic mass is 16.5. The smallest absolute Gasteiger partial charge is 0.373 e. The summed E-state index contributed by atoms with van der Waals surface area (Å²) in [6, 6.07) is 4.99. The number of nitrogens with zero attached hydrogens (tertiary/aromatic N) is 2. The molecule has 118 valence electrons. The van der Waals surface area contributed by atoms with E-state index in [1.807, 2.05) is 19.9 Å². The average Bonchev–Trinajstić information content (AvgIpc) is 3.08. The first-order valence-corrected chi connectivity index (χ1v) is 6.83. The highest BCUT2D eigenvalue weighted by Crippen LogP contribution is 2.11. The molecule has 7 heteroatoms. The number of carbonyl (C=O) groups is 2. The highest BCUT2D eigenvalue weighted by molar-refractivity contribution is 5.86. The molecule has 2 heterocycles. The first-order chi connectivity index (χ1) is 10.5. The molecule has 0 aliphatic heterocycles. The molecule has 0 saturated heterocycles. The van der Waals surface area contributed by atoms with Gasteiger partial charge in [0, 0.05) is 5.69 Å². The van der Waals surface area contributed by atoms with Crippen molar-refractivity contribution in [2.24, 2.45) is 0 Å². The van der Waals surface area contributed by atoms with Crippen molar-refractivity contribution in [3.63, 3.8) is 0 Å². The SMILES string of the molecule is COC(=O)c1ccc(COC(=O)CCn2nc(C)cc2C)o1. The predicted molar refractivity (Wildman–Crippen MR) is 76.2 cm³/mol. The lowest BCUT2D eigenvalue weighted by Crippen LogP contribution is -2.11. The first-order valence-electron chi connectivity index (χ1n) is 6.83. The molecule has 0 aliphatic rings. The summed E-state index contributed by atoms with van der Waals surface area (Å²) < 4.78 is 16.6. The molecule has 22 heavy (non-hydrogen) atoms. The molecule has 2 aromatic heterocycles. The third kappa shape index (κ3) is 3.97. The molecule has 2 aromatic rings. The fraction of sp³-hybridized carbons (Fsp3) is 0.400. The fourth-order valence-corrected chi connectivity index (χ4v) is 1.99. The van der Waals surface area contributed by atoms with Crippen LogP contribution < -0.4 is 0 Å². The Bertz CT molecular complexity index is 671. The van der Waals surface area contributed by atoms with Crippen LogP contribution in [-0.2, 0) is 27.4 Å². The molecule has 0 unspecified atom stereocenters. The van der Waals surface area contributed by atoms with Gasteiger partial charge in [0.2, 0.25) is 5.76 Å². The number of aromatic nitrogens is 2. The molecule has 0 aromatic carbocycles. The quantitative estimate of drug-likeness (QED) is 0.759. The second-order valence-corrected chi connectivity index (χ2v) is 4.82. The molecule has 0 atom stereocenters. The molecular weight excluding hydrogens is 288 g/mol. The minimum atomic E-state index is -0.567. The summed E-state index contributed by atoms with van der Waals surface area (Å²) >= 11 is 0. The Morgan fingerprint density at radius 3 is 2.73 bits per heavy atom. The minimum absolute atomic E-state index is 0.0209.